The number of hydrogen-bond acceptors (Lipinski definition) is 3. The number of ether oxygens (including phenoxy) is 1. The number of esters is 1. The summed E-state index contributed by atoms with van der Waals surface area (Å²) in [6.45, 7) is 2.17. The van der Waals surface area contributed by atoms with E-state index in [4.69, 9.17) is 10.5 Å². The lowest BCUT2D eigenvalue weighted by molar-refractivity contribution is -0.149. The van der Waals surface area contributed by atoms with Gasteiger partial charge >= 0.3 is 5.97 Å². The van der Waals surface area contributed by atoms with Crippen molar-refractivity contribution in [2.45, 2.75) is 25.3 Å². The van der Waals surface area contributed by atoms with Gasteiger partial charge in [-0.05, 0) is 28.8 Å². The molecule has 0 saturated carbocycles. The molecular weight excluding hydrogens is 238 g/mol. The van der Waals surface area contributed by atoms with E-state index >= 15 is 0 Å². The normalized spacial score (nSPS) is 16.3. The predicted octanol–water partition coefficient (Wildman–Crippen LogP) is 2.20. The Morgan fingerprint density at radius 1 is 1.21 bits per heavy atom. The van der Waals surface area contributed by atoms with Crippen LogP contribution in [0, 0.1) is 0 Å². The molecule has 0 amide bonds. The number of rotatable bonds is 2. The van der Waals surface area contributed by atoms with Crippen LogP contribution in [0.25, 0.3) is 10.8 Å². The minimum Gasteiger partial charge on any atom is -0.465 e. The third-order valence-electron chi connectivity index (χ3n) is 3.76. The van der Waals surface area contributed by atoms with Gasteiger partial charge in [-0.2, -0.15) is 0 Å². The SMILES string of the molecule is CCOC(=O)C1(N)Cc2cc3ccccc3cc2C1. The van der Waals surface area contributed by atoms with Crippen molar-refractivity contribution in [3.05, 3.63) is 47.5 Å². The Morgan fingerprint density at radius 2 is 1.74 bits per heavy atom. The van der Waals surface area contributed by atoms with E-state index in [-0.39, 0.29) is 5.97 Å². The van der Waals surface area contributed by atoms with Gasteiger partial charge < -0.3 is 10.5 Å². The van der Waals surface area contributed by atoms with E-state index < -0.39 is 5.54 Å². The molecule has 0 spiro atoms. The number of carbonyl (C=O) groups excluding carboxylic acids is 1. The Kier molecular flexibility index (Phi) is 2.79. The first-order valence-electron chi connectivity index (χ1n) is 6.59. The standard InChI is InChI=1S/C16H17NO2/c1-2-19-15(18)16(17)9-13-7-11-5-3-4-6-12(11)8-14(13)10-16/h3-8H,2,9-10,17H2,1H3. The van der Waals surface area contributed by atoms with Crippen molar-refractivity contribution in [2.24, 2.45) is 5.73 Å². The van der Waals surface area contributed by atoms with E-state index in [9.17, 15) is 4.79 Å². The molecule has 0 radical (unpaired) electrons. The molecular formula is C16H17NO2. The Balaban J connectivity index is 1.99. The predicted molar refractivity (Wildman–Crippen MR) is 74.9 cm³/mol. The molecule has 2 aromatic rings. The highest BCUT2D eigenvalue weighted by molar-refractivity contribution is 5.87. The van der Waals surface area contributed by atoms with Crippen LogP contribution < -0.4 is 5.73 Å². The molecule has 0 atom stereocenters. The van der Waals surface area contributed by atoms with Crippen molar-refractivity contribution in [3.63, 3.8) is 0 Å². The summed E-state index contributed by atoms with van der Waals surface area (Å²) < 4.78 is 5.09. The van der Waals surface area contributed by atoms with Crippen LogP contribution in [0.4, 0.5) is 0 Å². The monoisotopic (exact) mass is 255 g/mol. The summed E-state index contributed by atoms with van der Waals surface area (Å²) >= 11 is 0. The van der Waals surface area contributed by atoms with Gasteiger partial charge in [0.1, 0.15) is 5.54 Å². The number of fused-ring (bicyclic) bond motifs is 2. The molecule has 0 fully saturated rings. The zero-order valence-corrected chi connectivity index (χ0v) is 11.0. The third-order valence-corrected chi connectivity index (χ3v) is 3.76. The van der Waals surface area contributed by atoms with Gasteiger partial charge in [-0.15, -0.1) is 0 Å². The van der Waals surface area contributed by atoms with Crippen molar-refractivity contribution in [1.29, 1.82) is 0 Å². The molecule has 0 aliphatic heterocycles. The second kappa shape index (κ2) is 4.35. The molecule has 3 heteroatoms. The summed E-state index contributed by atoms with van der Waals surface area (Å²) in [5.74, 6) is -0.296. The zero-order chi connectivity index (χ0) is 13.5. The average Bonchev–Trinajstić information content (AvgIpc) is 2.72. The molecule has 1 aliphatic carbocycles. The van der Waals surface area contributed by atoms with Crippen LogP contribution in [0.2, 0.25) is 0 Å². The zero-order valence-electron chi connectivity index (χ0n) is 11.0. The average molecular weight is 255 g/mol. The molecule has 2 N–H and O–H groups in total. The second-order valence-electron chi connectivity index (χ2n) is 5.20. The Bertz CT molecular complexity index is 604. The van der Waals surface area contributed by atoms with Crippen molar-refractivity contribution >= 4 is 16.7 Å². The van der Waals surface area contributed by atoms with Crippen LogP contribution in [-0.4, -0.2) is 18.1 Å². The Labute approximate surface area is 112 Å². The van der Waals surface area contributed by atoms with Crippen LogP contribution in [-0.2, 0) is 22.4 Å². The molecule has 0 aromatic heterocycles. The smallest absolute Gasteiger partial charge is 0.326 e. The molecule has 1 aliphatic rings. The second-order valence-corrected chi connectivity index (χ2v) is 5.20. The highest BCUT2D eigenvalue weighted by Crippen LogP contribution is 2.32. The van der Waals surface area contributed by atoms with Crippen molar-refractivity contribution in [2.75, 3.05) is 6.61 Å². The van der Waals surface area contributed by atoms with Crippen LogP contribution >= 0.6 is 0 Å². The fourth-order valence-corrected chi connectivity index (χ4v) is 2.83. The largest absolute Gasteiger partial charge is 0.465 e. The number of nitrogens with two attached hydrogens (primary N) is 1. The maximum absolute atomic E-state index is 12.0. The topological polar surface area (TPSA) is 52.3 Å². The first-order chi connectivity index (χ1) is 9.12. The molecule has 3 nitrogen and oxygen atoms in total. The summed E-state index contributed by atoms with van der Waals surface area (Å²) in [4.78, 5) is 12.0. The first kappa shape index (κ1) is 12.2. The highest BCUT2D eigenvalue weighted by atomic mass is 16.5. The maximum Gasteiger partial charge on any atom is 0.326 e. The molecule has 0 bridgehead atoms. The molecule has 2 aromatic carbocycles. The molecule has 19 heavy (non-hydrogen) atoms. The summed E-state index contributed by atoms with van der Waals surface area (Å²) in [5, 5.41) is 2.38. The molecule has 0 saturated heterocycles. The quantitative estimate of drug-likeness (QED) is 0.837. The summed E-state index contributed by atoms with van der Waals surface area (Å²) in [7, 11) is 0. The highest BCUT2D eigenvalue weighted by Gasteiger charge is 2.41. The lowest BCUT2D eigenvalue weighted by atomic mass is 9.97. The summed E-state index contributed by atoms with van der Waals surface area (Å²) in [6.07, 6.45) is 1.12. The third kappa shape index (κ3) is 2.00. The van der Waals surface area contributed by atoms with Gasteiger partial charge in [0.15, 0.2) is 0 Å². The van der Waals surface area contributed by atoms with Crippen LogP contribution in [0.3, 0.4) is 0 Å². The Morgan fingerprint density at radius 3 is 2.21 bits per heavy atom. The lowest BCUT2D eigenvalue weighted by Gasteiger charge is -2.20. The van der Waals surface area contributed by atoms with Crippen LogP contribution in [0.5, 0.6) is 0 Å². The van der Waals surface area contributed by atoms with Crippen molar-refractivity contribution < 1.29 is 9.53 Å². The summed E-state index contributed by atoms with van der Waals surface area (Å²) in [5.41, 5.74) is 7.66. The van der Waals surface area contributed by atoms with Gasteiger partial charge in [-0.25, -0.2) is 0 Å². The number of carbonyl (C=O) groups is 1. The van der Waals surface area contributed by atoms with Crippen molar-refractivity contribution in [3.8, 4) is 0 Å². The molecule has 98 valence electrons. The van der Waals surface area contributed by atoms with Gasteiger partial charge in [0.05, 0.1) is 6.61 Å². The fraction of sp³-hybridized carbons (Fsp3) is 0.312. The van der Waals surface area contributed by atoms with E-state index in [2.05, 4.69) is 24.3 Å². The fourth-order valence-electron chi connectivity index (χ4n) is 2.83. The summed E-state index contributed by atoms with van der Waals surface area (Å²) in [6, 6.07) is 12.5. The van der Waals surface area contributed by atoms with Gasteiger partial charge in [0.2, 0.25) is 0 Å². The van der Waals surface area contributed by atoms with Gasteiger partial charge in [0.25, 0.3) is 0 Å². The van der Waals surface area contributed by atoms with E-state index in [1.807, 2.05) is 12.1 Å². The van der Waals surface area contributed by atoms with Crippen LogP contribution in [0.1, 0.15) is 18.1 Å². The molecule has 3 rings (SSSR count). The number of hydrogen-bond donors (Lipinski definition) is 1. The van der Waals surface area contributed by atoms with Gasteiger partial charge in [0, 0.05) is 12.8 Å². The maximum atomic E-state index is 12.0. The van der Waals surface area contributed by atoms with E-state index in [0.29, 0.717) is 19.4 Å². The Hall–Kier alpha value is -1.87. The van der Waals surface area contributed by atoms with Gasteiger partial charge in [-0.1, -0.05) is 36.4 Å². The number of benzene rings is 2. The minimum absolute atomic E-state index is 0.296. The minimum atomic E-state index is -0.893. The lowest BCUT2D eigenvalue weighted by Crippen LogP contribution is -2.50. The van der Waals surface area contributed by atoms with Gasteiger partial charge in [-0.3, -0.25) is 4.79 Å². The van der Waals surface area contributed by atoms with E-state index in [1.54, 1.807) is 6.92 Å². The van der Waals surface area contributed by atoms with Crippen molar-refractivity contribution in [1.82, 2.24) is 0 Å². The molecule has 0 unspecified atom stereocenters. The first-order valence-corrected chi connectivity index (χ1v) is 6.59. The molecule has 0 heterocycles. The van der Waals surface area contributed by atoms with E-state index in [0.717, 1.165) is 11.1 Å². The van der Waals surface area contributed by atoms with Crippen LogP contribution in [0.15, 0.2) is 36.4 Å². The van der Waals surface area contributed by atoms with E-state index in [1.165, 1.54) is 10.8 Å².